The molecule has 1 N–H and O–H groups in total. The third-order valence-corrected chi connectivity index (χ3v) is 6.47. The van der Waals surface area contributed by atoms with Gasteiger partial charge in [-0.3, -0.25) is 14.2 Å². The number of halogens is 1. The first-order valence-electron chi connectivity index (χ1n) is 10.6. The Hall–Kier alpha value is -4.45. The van der Waals surface area contributed by atoms with Crippen molar-refractivity contribution in [2.75, 3.05) is 12.4 Å². The van der Waals surface area contributed by atoms with Crippen LogP contribution in [0.15, 0.2) is 83.7 Å². The fourth-order valence-corrected chi connectivity index (χ4v) is 4.60. The normalized spacial score (nSPS) is 12.0. The number of methoxy groups -OCH3 is 1. The number of hydrogen-bond donors (Lipinski definition) is 1. The van der Waals surface area contributed by atoms with Gasteiger partial charge in [-0.25, -0.2) is 4.79 Å². The fraction of sp³-hybridized carbons (Fsp3) is 0.0370. The Morgan fingerprint density at radius 1 is 1.03 bits per heavy atom. The standard InChI is InChI=1S/C27H18ClN3O4S/c1-35-27(34)18-9-7-17(8-10-18)15-23-25(33)31(21-5-3-2-4-6-21)26(36-23)22(16-29)24(32)30-20-13-11-19(28)12-14-20/h2-15H,1H3,(H,30,32)/b23-15+,26-22+. The summed E-state index contributed by atoms with van der Waals surface area (Å²) in [5.74, 6) is -1.12. The summed E-state index contributed by atoms with van der Waals surface area (Å²) in [6.07, 6.45) is 1.64. The van der Waals surface area contributed by atoms with Gasteiger partial charge in [0.25, 0.3) is 11.5 Å². The highest BCUT2D eigenvalue weighted by molar-refractivity contribution is 7.07. The van der Waals surface area contributed by atoms with Gasteiger partial charge in [0, 0.05) is 10.7 Å². The largest absolute Gasteiger partial charge is 0.465 e. The molecule has 1 amide bonds. The Kier molecular flexibility index (Phi) is 7.44. The smallest absolute Gasteiger partial charge is 0.337 e. The highest BCUT2D eigenvalue weighted by Crippen LogP contribution is 2.14. The van der Waals surface area contributed by atoms with Crippen molar-refractivity contribution in [3.05, 3.63) is 115 Å². The summed E-state index contributed by atoms with van der Waals surface area (Å²) in [6, 6.07) is 23.7. The zero-order valence-corrected chi connectivity index (χ0v) is 20.5. The van der Waals surface area contributed by atoms with Gasteiger partial charge in [0.2, 0.25) is 0 Å². The van der Waals surface area contributed by atoms with Gasteiger partial charge in [0.1, 0.15) is 10.7 Å². The molecule has 0 fully saturated rings. The monoisotopic (exact) mass is 515 g/mol. The lowest BCUT2D eigenvalue weighted by atomic mass is 10.1. The summed E-state index contributed by atoms with van der Waals surface area (Å²) in [7, 11) is 1.30. The van der Waals surface area contributed by atoms with Crippen molar-refractivity contribution in [1.82, 2.24) is 4.57 Å². The number of para-hydroxylation sites is 1. The molecule has 0 aliphatic carbocycles. The van der Waals surface area contributed by atoms with E-state index in [0.717, 1.165) is 11.3 Å². The van der Waals surface area contributed by atoms with Gasteiger partial charge in [-0.2, -0.15) is 5.26 Å². The van der Waals surface area contributed by atoms with Crippen LogP contribution in [0.25, 0.3) is 17.3 Å². The highest BCUT2D eigenvalue weighted by Gasteiger charge is 2.17. The number of ether oxygens (including phenoxy) is 1. The Morgan fingerprint density at radius 2 is 1.69 bits per heavy atom. The lowest BCUT2D eigenvalue weighted by molar-refractivity contribution is -0.111. The topological polar surface area (TPSA) is 101 Å². The van der Waals surface area contributed by atoms with Crippen LogP contribution in [0.5, 0.6) is 0 Å². The van der Waals surface area contributed by atoms with Crippen molar-refractivity contribution in [2.24, 2.45) is 0 Å². The van der Waals surface area contributed by atoms with E-state index in [1.165, 1.54) is 11.7 Å². The number of amides is 1. The molecule has 1 aromatic heterocycles. The first kappa shape index (κ1) is 24.7. The molecule has 0 spiro atoms. The van der Waals surface area contributed by atoms with Crippen LogP contribution >= 0.6 is 22.9 Å². The summed E-state index contributed by atoms with van der Waals surface area (Å²) in [5.41, 5.74) is 1.42. The van der Waals surface area contributed by atoms with Gasteiger partial charge < -0.3 is 10.1 Å². The Labute approximate surface area is 214 Å². The molecule has 7 nitrogen and oxygen atoms in total. The molecule has 9 heteroatoms. The van der Waals surface area contributed by atoms with Crippen molar-refractivity contribution in [1.29, 1.82) is 5.26 Å². The SMILES string of the molecule is COC(=O)c1ccc(/C=c2/s/c(=C(\C#N)C(=O)Nc3ccc(Cl)cc3)n(-c3ccccc3)c2=O)cc1. The highest BCUT2D eigenvalue weighted by atomic mass is 35.5. The minimum absolute atomic E-state index is 0.192. The van der Waals surface area contributed by atoms with Crippen molar-refractivity contribution in [3.8, 4) is 11.8 Å². The fourth-order valence-electron chi connectivity index (χ4n) is 3.37. The molecule has 0 saturated carbocycles. The zero-order chi connectivity index (χ0) is 25.7. The molecule has 4 rings (SSSR count). The minimum atomic E-state index is -0.653. The second kappa shape index (κ2) is 10.9. The number of benzene rings is 3. The first-order chi connectivity index (χ1) is 17.4. The molecule has 4 aromatic rings. The lowest BCUT2D eigenvalue weighted by Crippen LogP contribution is -2.32. The quantitative estimate of drug-likeness (QED) is 0.410. The summed E-state index contributed by atoms with van der Waals surface area (Å²) in [6.45, 7) is 0. The first-order valence-corrected chi connectivity index (χ1v) is 11.8. The average molecular weight is 516 g/mol. The van der Waals surface area contributed by atoms with Crippen LogP contribution in [0.1, 0.15) is 15.9 Å². The third kappa shape index (κ3) is 5.28. The van der Waals surface area contributed by atoms with Gasteiger partial charge in [-0.05, 0) is 60.2 Å². The van der Waals surface area contributed by atoms with Crippen molar-refractivity contribution in [3.63, 3.8) is 0 Å². The number of rotatable bonds is 5. The maximum absolute atomic E-state index is 13.5. The molecular formula is C27H18ClN3O4S. The van der Waals surface area contributed by atoms with E-state index in [1.807, 2.05) is 6.07 Å². The predicted molar refractivity (Wildman–Crippen MR) is 140 cm³/mol. The van der Waals surface area contributed by atoms with E-state index in [1.54, 1.807) is 84.9 Å². The number of nitrogens with one attached hydrogen (secondary N) is 1. The molecule has 36 heavy (non-hydrogen) atoms. The van der Waals surface area contributed by atoms with Crippen molar-refractivity contribution >= 4 is 52.2 Å². The molecule has 3 aromatic carbocycles. The number of hydrogen-bond acceptors (Lipinski definition) is 6. The van der Waals surface area contributed by atoms with Crippen LogP contribution in [0.2, 0.25) is 5.02 Å². The third-order valence-electron chi connectivity index (χ3n) is 5.12. The minimum Gasteiger partial charge on any atom is -0.465 e. The van der Waals surface area contributed by atoms with E-state index in [4.69, 9.17) is 16.3 Å². The maximum atomic E-state index is 13.5. The lowest BCUT2D eigenvalue weighted by Gasteiger charge is -2.06. The van der Waals surface area contributed by atoms with E-state index >= 15 is 0 Å². The van der Waals surface area contributed by atoms with Crippen LogP contribution in [0.3, 0.4) is 0 Å². The van der Waals surface area contributed by atoms with Crippen LogP contribution in [0.4, 0.5) is 5.69 Å². The molecular weight excluding hydrogens is 498 g/mol. The Bertz CT molecular complexity index is 1650. The van der Waals surface area contributed by atoms with Crippen LogP contribution in [-0.4, -0.2) is 23.6 Å². The van der Waals surface area contributed by atoms with Gasteiger partial charge in [-0.1, -0.05) is 41.9 Å². The molecule has 1 heterocycles. The van der Waals surface area contributed by atoms with E-state index in [-0.39, 0.29) is 15.8 Å². The summed E-state index contributed by atoms with van der Waals surface area (Å²) in [5, 5.41) is 13.1. The van der Waals surface area contributed by atoms with E-state index < -0.39 is 11.9 Å². The molecule has 0 aliphatic heterocycles. The van der Waals surface area contributed by atoms with Gasteiger partial charge in [-0.15, -0.1) is 11.3 Å². The second-order valence-electron chi connectivity index (χ2n) is 7.45. The number of nitrogens with zero attached hydrogens (tertiary/aromatic N) is 2. The summed E-state index contributed by atoms with van der Waals surface area (Å²) < 4.78 is 6.56. The van der Waals surface area contributed by atoms with E-state index in [9.17, 15) is 19.6 Å². The number of aromatic nitrogens is 1. The van der Waals surface area contributed by atoms with Crippen molar-refractivity contribution in [2.45, 2.75) is 0 Å². The molecule has 178 valence electrons. The average Bonchev–Trinajstić information content (AvgIpc) is 3.21. The Balaban J connectivity index is 1.88. The molecule has 0 atom stereocenters. The molecule has 0 unspecified atom stereocenters. The van der Waals surface area contributed by atoms with Crippen molar-refractivity contribution < 1.29 is 14.3 Å². The number of carbonyl (C=O) groups is 2. The number of nitriles is 1. The molecule has 0 bridgehead atoms. The number of esters is 1. The van der Waals surface area contributed by atoms with Gasteiger partial charge in [0.05, 0.1) is 22.9 Å². The number of thiazole rings is 1. The summed E-state index contributed by atoms with van der Waals surface area (Å²) >= 11 is 6.93. The van der Waals surface area contributed by atoms with E-state index in [0.29, 0.717) is 32.1 Å². The van der Waals surface area contributed by atoms with E-state index in [2.05, 4.69) is 5.32 Å². The predicted octanol–water partition coefficient (Wildman–Crippen LogP) is 3.48. The Morgan fingerprint density at radius 3 is 2.31 bits per heavy atom. The van der Waals surface area contributed by atoms with Crippen LogP contribution in [-0.2, 0) is 9.53 Å². The zero-order valence-electron chi connectivity index (χ0n) is 18.9. The van der Waals surface area contributed by atoms with Crippen LogP contribution in [0, 0.1) is 11.3 Å². The summed E-state index contributed by atoms with van der Waals surface area (Å²) in [4.78, 5) is 38.2. The number of carbonyl (C=O) groups excluding carboxylic acids is 2. The van der Waals surface area contributed by atoms with Gasteiger partial charge >= 0.3 is 5.97 Å². The maximum Gasteiger partial charge on any atom is 0.337 e. The molecule has 0 saturated heterocycles. The van der Waals surface area contributed by atoms with Crippen LogP contribution < -0.4 is 20.1 Å². The number of anilines is 1. The molecule has 0 radical (unpaired) electrons. The molecule has 0 aliphatic rings. The second-order valence-corrected chi connectivity index (χ2v) is 8.92. The van der Waals surface area contributed by atoms with Gasteiger partial charge in [0.15, 0.2) is 5.57 Å².